The highest BCUT2D eigenvalue weighted by Crippen LogP contribution is 2.43. The summed E-state index contributed by atoms with van der Waals surface area (Å²) in [5, 5.41) is 13.9. The van der Waals surface area contributed by atoms with E-state index in [9.17, 15) is 10.1 Å². The zero-order valence-electron chi connectivity index (χ0n) is 20.1. The van der Waals surface area contributed by atoms with Crippen molar-refractivity contribution in [3.8, 4) is 23.1 Å². The van der Waals surface area contributed by atoms with Crippen LogP contribution in [-0.2, 0) is 14.2 Å². The Morgan fingerprint density at radius 1 is 1.11 bits per heavy atom. The molecule has 1 amide bonds. The van der Waals surface area contributed by atoms with Gasteiger partial charge in [-0.1, -0.05) is 12.1 Å². The molecule has 1 N–H and O–H groups in total. The number of ether oxygens (including phenoxy) is 4. The Morgan fingerprint density at radius 3 is 2.56 bits per heavy atom. The number of hydrogen-bond acceptors (Lipinski definition) is 6. The predicted octanol–water partition coefficient (Wildman–Crippen LogP) is 5.76. The molecule has 3 aromatic rings. The van der Waals surface area contributed by atoms with Crippen LogP contribution in [-0.4, -0.2) is 42.9 Å². The van der Waals surface area contributed by atoms with Gasteiger partial charge in [0.05, 0.1) is 23.4 Å². The normalized spacial score (nSPS) is 19.9. The minimum atomic E-state index is -0.421. The van der Waals surface area contributed by atoms with Gasteiger partial charge in [0.2, 0.25) is 0 Å². The maximum absolute atomic E-state index is 12.1. The fraction of sp³-hybridized carbons (Fsp3) is 0.429. The van der Waals surface area contributed by atoms with Gasteiger partial charge in [-0.15, -0.1) is 0 Å². The zero-order valence-corrected chi connectivity index (χ0v) is 20.1. The molecule has 2 aromatic carbocycles. The monoisotopic (exact) mass is 487 g/mol. The lowest BCUT2D eigenvalue weighted by Gasteiger charge is -2.30. The molecular formula is C28H29N3O5. The van der Waals surface area contributed by atoms with Gasteiger partial charge in [0.1, 0.15) is 37.4 Å². The molecule has 1 atom stereocenters. The van der Waals surface area contributed by atoms with E-state index < -0.39 is 6.09 Å². The average Bonchev–Trinajstić information content (AvgIpc) is 3.46. The number of amides is 1. The van der Waals surface area contributed by atoms with Crippen LogP contribution in [0, 0.1) is 11.3 Å². The summed E-state index contributed by atoms with van der Waals surface area (Å²) in [6.45, 7) is 1.26. The zero-order chi connectivity index (χ0) is 24.5. The van der Waals surface area contributed by atoms with Gasteiger partial charge in [-0.05, 0) is 68.4 Å². The lowest BCUT2D eigenvalue weighted by atomic mass is 9.92. The molecule has 1 aliphatic heterocycles. The van der Waals surface area contributed by atoms with Gasteiger partial charge in [-0.25, -0.2) is 4.79 Å². The number of aromatic nitrogens is 1. The van der Waals surface area contributed by atoms with Crippen LogP contribution in [0.15, 0.2) is 42.5 Å². The van der Waals surface area contributed by atoms with E-state index in [-0.39, 0.29) is 12.2 Å². The SMILES string of the molecule is N#Cc1c(-c2ccc(NC(=O)OC3CCC3)cc2)n(C2CCC2)c2cc(OCC3COCO3)ccc12. The number of nitriles is 1. The number of nitrogens with zero attached hydrogens (tertiary/aromatic N) is 2. The summed E-state index contributed by atoms with van der Waals surface area (Å²) in [7, 11) is 0. The molecule has 1 saturated heterocycles. The second-order valence-corrected chi connectivity index (χ2v) is 9.72. The summed E-state index contributed by atoms with van der Waals surface area (Å²) in [5.41, 5.74) is 4.17. The topological polar surface area (TPSA) is 94.7 Å². The Kier molecular flexibility index (Phi) is 6.26. The maximum Gasteiger partial charge on any atom is 0.411 e. The van der Waals surface area contributed by atoms with Crippen molar-refractivity contribution in [2.24, 2.45) is 0 Å². The second-order valence-electron chi connectivity index (χ2n) is 9.72. The lowest BCUT2D eigenvalue weighted by Crippen LogP contribution is -2.27. The van der Waals surface area contributed by atoms with E-state index in [1.807, 2.05) is 42.5 Å². The van der Waals surface area contributed by atoms with Crippen molar-refractivity contribution in [1.82, 2.24) is 4.57 Å². The minimum absolute atomic E-state index is 0.0357. The first-order chi connectivity index (χ1) is 17.7. The predicted molar refractivity (Wildman–Crippen MR) is 134 cm³/mol. The van der Waals surface area contributed by atoms with Crippen molar-refractivity contribution < 1.29 is 23.7 Å². The lowest BCUT2D eigenvalue weighted by molar-refractivity contribution is 0.0320. The summed E-state index contributed by atoms with van der Waals surface area (Å²) in [5.74, 6) is 0.747. The highest BCUT2D eigenvalue weighted by molar-refractivity contribution is 5.96. The van der Waals surface area contributed by atoms with Crippen LogP contribution in [0.5, 0.6) is 5.75 Å². The Balaban J connectivity index is 1.30. The van der Waals surface area contributed by atoms with Crippen molar-refractivity contribution in [3.05, 3.63) is 48.0 Å². The molecule has 6 rings (SSSR count). The summed E-state index contributed by atoms with van der Waals surface area (Å²) in [6, 6.07) is 16.3. The smallest absolute Gasteiger partial charge is 0.411 e. The fourth-order valence-electron chi connectivity index (χ4n) is 4.96. The Morgan fingerprint density at radius 2 is 1.92 bits per heavy atom. The third-order valence-corrected chi connectivity index (χ3v) is 7.38. The molecule has 2 saturated carbocycles. The standard InChI is InChI=1S/C28H29N3O5/c29-14-25-24-12-11-22(34-16-23-15-33-17-35-23)13-26(24)31(20-3-1-4-20)27(25)18-7-9-19(10-8-18)30-28(32)36-21-5-2-6-21/h7-13,20-21,23H,1-6,15-17H2,(H,30,32). The molecule has 0 bridgehead atoms. The maximum atomic E-state index is 12.1. The largest absolute Gasteiger partial charge is 0.491 e. The number of rotatable bonds is 7. The van der Waals surface area contributed by atoms with Crippen LogP contribution in [0.3, 0.4) is 0 Å². The van der Waals surface area contributed by atoms with E-state index in [2.05, 4.69) is 16.0 Å². The van der Waals surface area contributed by atoms with Gasteiger partial charge in [0.15, 0.2) is 0 Å². The van der Waals surface area contributed by atoms with Gasteiger partial charge in [0.25, 0.3) is 0 Å². The van der Waals surface area contributed by atoms with Crippen LogP contribution in [0.2, 0.25) is 0 Å². The number of nitrogens with one attached hydrogen (secondary N) is 1. The average molecular weight is 488 g/mol. The molecule has 8 heteroatoms. The van der Waals surface area contributed by atoms with Crippen molar-refractivity contribution in [1.29, 1.82) is 5.26 Å². The Labute approximate surface area is 209 Å². The van der Waals surface area contributed by atoms with Crippen molar-refractivity contribution in [2.75, 3.05) is 25.3 Å². The molecule has 2 aliphatic carbocycles. The van der Waals surface area contributed by atoms with Gasteiger partial charge in [-0.3, -0.25) is 5.32 Å². The Hall–Kier alpha value is -3.54. The van der Waals surface area contributed by atoms with E-state index >= 15 is 0 Å². The number of carbonyl (C=O) groups excluding carboxylic acids is 1. The molecule has 2 heterocycles. The summed E-state index contributed by atoms with van der Waals surface area (Å²) < 4.78 is 24.4. The molecule has 8 nitrogen and oxygen atoms in total. The second kappa shape index (κ2) is 9.84. The first-order valence-corrected chi connectivity index (χ1v) is 12.7. The summed E-state index contributed by atoms with van der Waals surface area (Å²) >= 11 is 0. The van der Waals surface area contributed by atoms with Crippen LogP contribution in [0.25, 0.3) is 22.2 Å². The van der Waals surface area contributed by atoms with Gasteiger partial charge < -0.3 is 23.5 Å². The number of benzene rings is 2. The minimum Gasteiger partial charge on any atom is -0.491 e. The fourth-order valence-corrected chi connectivity index (χ4v) is 4.96. The van der Waals surface area contributed by atoms with E-state index in [0.717, 1.165) is 60.0 Å². The summed E-state index contributed by atoms with van der Waals surface area (Å²) in [4.78, 5) is 12.1. The first-order valence-electron chi connectivity index (χ1n) is 12.7. The van der Waals surface area contributed by atoms with E-state index in [1.54, 1.807) is 0 Å². The van der Waals surface area contributed by atoms with E-state index in [1.165, 1.54) is 6.42 Å². The van der Waals surface area contributed by atoms with Gasteiger partial charge in [0, 0.05) is 23.2 Å². The molecular weight excluding hydrogens is 458 g/mol. The van der Waals surface area contributed by atoms with Crippen molar-refractivity contribution in [3.63, 3.8) is 0 Å². The van der Waals surface area contributed by atoms with E-state index in [0.29, 0.717) is 37.3 Å². The molecule has 3 fully saturated rings. The first kappa shape index (κ1) is 22.9. The Bertz CT molecular complexity index is 1300. The summed E-state index contributed by atoms with van der Waals surface area (Å²) in [6.07, 6.45) is 5.86. The highest BCUT2D eigenvalue weighted by atomic mass is 16.7. The van der Waals surface area contributed by atoms with E-state index in [4.69, 9.17) is 18.9 Å². The third kappa shape index (κ3) is 4.41. The van der Waals surface area contributed by atoms with Gasteiger partial charge >= 0.3 is 6.09 Å². The molecule has 3 aliphatic rings. The van der Waals surface area contributed by atoms with Gasteiger partial charge in [-0.2, -0.15) is 5.26 Å². The molecule has 186 valence electrons. The number of anilines is 1. The third-order valence-electron chi connectivity index (χ3n) is 7.38. The van der Waals surface area contributed by atoms with Crippen molar-refractivity contribution >= 4 is 22.7 Å². The molecule has 1 unspecified atom stereocenters. The molecule has 0 spiro atoms. The molecule has 36 heavy (non-hydrogen) atoms. The van der Waals surface area contributed by atoms with Crippen LogP contribution in [0.1, 0.15) is 50.1 Å². The number of hydrogen-bond donors (Lipinski definition) is 1. The van der Waals surface area contributed by atoms with Crippen LogP contribution in [0.4, 0.5) is 10.5 Å². The quantitative estimate of drug-likeness (QED) is 0.455. The highest BCUT2D eigenvalue weighted by Gasteiger charge is 2.28. The van der Waals surface area contributed by atoms with Crippen LogP contribution >= 0.6 is 0 Å². The molecule has 0 radical (unpaired) electrons. The molecule has 1 aromatic heterocycles. The van der Waals surface area contributed by atoms with Crippen molar-refractivity contribution in [2.45, 2.75) is 56.8 Å². The number of carbonyl (C=O) groups is 1. The number of fused-ring (bicyclic) bond motifs is 1. The van der Waals surface area contributed by atoms with Crippen LogP contribution < -0.4 is 10.1 Å².